The summed E-state index contributed by atoms with van der Waals surface area (Å²) in [4.78, 5) is 22.1. The van der Waals surface area contributed by atoms with Gasteiger partial charge in [0.2, 0.25) is 0 Å². The van der Waals surface area contributed by atoms with Gasteiger partial charge >= 0.3 is 12.0 Å². The number of amides is 2. The lowest BCUT2D eigenvalue weighted by Gasteiger charge is -2.08. The van der Waals surface area contributed by atoms with E-state index in [-0.39, 0.29) is 5.57 Å². The zero-order valence-electron chi connectivity index (χ0n) is 10.8. The fraction of sp³-hybridized carbons (Fsp3) is 0.214. The molecule has 1 aromatic rings. The van der Waals surface area contributed by atoms with E-state index in [1.165, 1.54) is 0 Å². The predicted octanol–water partition coefficient (Wildman–Crippen LogP) is 2.10. The molecule has 0 atom stereocenters. The minimum absolute atomic E-state index is 0.113. The van der Waals surface area contributed by atoms with E-state index in [2.05, 4.69) is 17.2 Å². The molecule has 0 aliphatic heterocycles. The lowest BCUT2D eigenvalue weighted by Crippen LogP contribution is -2.29. The van der Waals surface area contributed by atoms with Crippen LogP contribution in [0.4, 0.5) is 10.5 Å². The van der Waals surface area contributed by atoms with E-state index < -0.39 is 12.0 Å². The van der Waals surface area contributed by atoms with Gasteiger partial charge in [-0.15, -0.1) is 0 Å². The summed E-state index contributed by atoms with van der Waals surface area (Å²) in [5.41, 5.74) is 0.923. The summed E-state index contributed by atoms with van der Waals surface area (Å²) in [5.74, 6) is -1.03. The van der Waals surface area contributed by atoms with Gasteiger partial charge in [0.25, 0.3) is 0 Å². The van der Waals surface area contributed by atoms with Gasteiger partial charge in [0.1, 0.15) is 6.07 Å². The molecule has 0 spiro atoms. The van der Waals surface area contributed by atoms with E-state index in [0.29, 0.717) is 30.6 Å². The van der Waals surface area contributed by atoms with E-state index >= 15 is 0 Å². The molecule has 0 saturated heterocycles. The van der Waals surface area contributed by atoms with Crippen LogP contribution in [0.3, 0.4) is 0 Å². The van der Waals surface area contributed by atoms with Crippen molar-refractivity contribution in [2.75, 3.05) is 11.9 Å². The summed E-state index contributed by atoms with van der Waals surface area (Å²) in [5, 5.41) is 22.6. The van der Waals surface area contributed by atoms with E-state index in [1.807, 2.05) is 6.07 Å². The Bertz CT molecular complexity index is 561. The largest absolute Gasteiger partial charge is 0.478 e. The zero-order valence-corrected chi connectivity index (χ0v) is 10.8. The summed E-state index contributed by atoms with van der Waals surface area (Å²) < 4.78 is 0. The number of anilines is 1. The number of carboxylic acids is 1. The number of hydrogen-bond donors (Lipinski definition) is 3. The number of nitrogens with zero attached hydrogens (tertiary/aromatic N) is 1. The van der Waals surface area contributed by atoms with Gasteiger partial charge in [-0.2, -0.15) is 5.26 Å². The number of carbonyl (C=O) groups is 2. The van der Waals surface area contributed by atoms with Crippen LogP contribution in [0.1, 0.15) is 18.4 Å². The van der Waals surface area contributed by atoms with Crippen molar-refractivity contribution in [1.29, 1.82) is 5.26 Å². The maximum atomic E-state index is 11.6. The molecule has 3 N–H and O–H groups in total. The first kappa shape index (κ1) is 15.2. The van der Waals surface area contributed by atoms with Gasteiger partial charge in [0, 0.05) is 12.1 Å². The molecule has 1 rings (SSSR count). The molecule has 0 unspecified atom stereocenters. The Morgan fingerprint density at radius 3 is 2.70 bits per heavy atom. The number of urea groups is 1. The van der Waals surface area contributed by atoms with Gasteiger partial charge in [-0.1, -0.05) is 18.7 Å². The fourth-order valence-electron chi connectivity index (χ4n) is 1.47. The third kappa shape index (κ3) is 4.82. The van der Waals surface area contributed by atoms with Crippen LogP contribution in [0.5, 0.6) is 0 Å². The Labute approximate surface area is 116 Å². The van der Waals surface area contributed by atoms with E-state index in [9.17, 15) is 9.59 Å². The van der Waals surface area contributed by atoms with Crippen molar-refractivity contribution in [1.82, 2.24) is 5.32 Å². The molecule has 6 nitrogen and oxygen atoms in total. The second kappa shape index (κ2) is 7.59. The smallest absolute Gasteiger partial charge is 0.330 e. The van der Waals surface area contributed by atoms with Crippen molar-refractivity contribution in [3.63, 3.8) is 0 Å². The summed E-state index contributed by atoms with van der Waals surface area (Å²) in [6.45, 7) is 3.72. The van der Waals surface area contributed by atoms with Crippen molar-refractivity contribution in [2.24, 2.45) is 0 Å². The zero-order chi connectivity index (χ0) is 15.0. The molecular weight excluding hydrogens is 258 g/mol. The van der Waals surface area contributed by atoms with Crippen molar-refractivity contribution in [3.8, 4) is 6.07 Å². The minimum Gasteiger partial charge on any atom is -0.478 e. The molecule has 0 bridgehead atoms. The number of benzene rings is 1. The van der Waals surface area contributed by atoms with Crippen LogP contribution in [0.2, 0.25) is 0 Å². The first-order valence-electron chi connectivity index (χ1n) is 5.99. The monoisotopic (exact) mass is 273 g/mol. The van der Waals surface area contributed by atoms with E-state index in [4.69, 9.17) is 10.4 Å². The molecule has 0 aliphatic carbocycles. The number of carbonyl (C=O) groups excluding carboxylic acids is 1. The first-order valence-corrected chi connectivity index (χ1v) is 5.99. The molecule has 0 aliphatic rings. The molecule has 0 radical (unpaired) electrons. The number of carboxylic acid groups (broad SMARTS) is 1. The van der Waals surface area contributed by atoms with E-state index in [0.717, 1.165) is 0 Å². The molecule has 2 amide bonds. The number of aliphatic carboxylic acids is 1. The van der Waals surface area contributed by atoms with E-state index in [1.54, 1.807) is 24.3 Å². The summed E-state index contributed by atoms with van der Waals surface area (Å²) in [7, 11) is 0. The molecule has 104 valence electrons. The van der Waals surface area contributed by atoms with Crippen LogP contribution >= 0.6 is 0 Å². The molecular formula is C14H15N3O3. The van der Waals surface area contributed by atoms with Gasteiger partial charge in [0.15, 0.2) is 0 Å². The molecule has 1 aromatic carbocycles. The Morgan fingerprint density at radius 2 is 2.05 bits per heavy atom. The lowest BCUT2D eigenvalue weighted by molar-refractivity contribution is -0.132. The molecule has 0 fully saturated rings. The lowest BCUT2D eigenvalue weighted by atomic mass is 10.2. The van der Waals surface area contributed by atoms with Gasteiger partial charge < -0.3 is 15.7 Å². The third-order valence-electron chi connectivity index (χ3n) is 2.54. The highest BCUT2D eigenvalue weighted by atomic mass is 16.4. The molecule has 0 heterocycles. The molecule has 0 saturated carbocycles. The number of para-hydroxylation sites is 1. The van der Waals surface area contributed by atoms with Crippen LogP contribution < -0.4 is 10.6 Å². The number of rotatable bonds is 6. The SMILES string of the molecule is C=C(CCCNC(=O)Nc1ccccc1C#N)C(=O)O. The maximum absolute atomic E-state index is 11.6. The van der Waals surface area contributed by atoms with Gasteiger partial charge in [0.05, 0.1) is 11.3 Å². The van der Waals surface area contributed by atoms with Crippen molar-refractivity contribution < 1.29 is 14.7 Å². The second-order valence-corrected chi connectivity index (χ2v) is 4.05. The molecule has 0 aromatic heterocycles. The first-order chi connectivity index (χ1) is 9.54. The predicted molar refractivity (Wildman–Crippen MR) is 74.2 cm³/mol. The summed E-state index contributed by atoms with van der Waals surface area (Å²) in [6.07, 6.45) is 0.794. The van der Waals surface area contributed by atoms with Crippen molar-refractivity contribution in [2.45, 2.75) is 12.8 Å². The van der Waals surface area contributed by atoms with Gasteiger partial charge in [-0.25, -0.2) is 9.59 Å². The van der Waals surface area contributed by atoms with Gasteiger partial charge in [-0.3, -0.25) is 0 Å². The normalized spacial score (nSPS) is 9.35. The summed E-state index contributed by atoms with van der Waals surface area (Å²) in [6, 6.07) is 8.20. The Kier molecular flexibility index (Phi) is 5.78. The van der Waals surface area contributed by atoms with Crippen molar-refractivity contribution in [3.05, 3.63) is 42.0 Å². The van der Waals surface area contributed by atoms with Crippen LogP contribution in [0.15, 0.2) is 36.4 Å². The summed E-state index contributed by atoms with van der Waals surface area (Å²) >= 11 is 0. The highest BCUT2D eigenvalue weighted by molar-refractivity contribution is 5.90. The average molecular weight is 273 g/mol. The topological polar surface area (TPSA) is 102 Å². The quantitative estimate of drug-likeness (QED) is 0.545. The Balaban J connectivity index is 2.36. The minimum atomic E-state index is -1.03. The molecule has 6 heteroatoms. The van der Waals surface area contributed by atoms with Crippen LogP contribution in [-0.4, -0.2) is 23.7 Å². The third-order valence-corrected chi connectivity index (χ3v) is 2.54. The maximum Gasteiger partial charge on any atom is 0.330 e. The fourth-order valence-corrected chi connectivity index (χ4v) is 1.47. The van der Waals surface area contributed by atoms with Gasteiger partial charge in [-0.05, 0) is 25.0 Å². The molecule has 20 heavy (non-hydrogen) atoms. The Morgan fingerprint density at radius 1 is 1.35 bits per heavy atom. The number of nitrogens with one attached hydrogen (secondary N) is 2. The van der Waals surface area contributed by atoms with Crippen LogP contribution in [0, 0.1) is 11.3 Å². The average Bonchev–Trinajstić information content (AvgIpc) is 2.43. The number of hydrogen-bond acceptors (Lipinski definition) is 3. The second-order valence-electron chi connectivity index (χ2n) is 4.05. The van der Waals surface area contributed by atoms with Crippen molar-refractivity contribution >= 4 is 17.7 Å². The highest BCUT2D eigenvalue weighted by Crippen LogP contribution is 2.13. The standard InChI is InChI=1S/C14H15N3O3/c1-10(13(18)19)5-4-8-16-14(20)17-12-7-3-2-6-11(12)9-15/h2-3,6-7H,1,4-5,8H2,(H,18,19)(H2,16,17,20). The highest BCUT2D eigenvalue weighted by Gasteiger charge is 2.06. The Hall–Kier alpha value is -2.81. The van der Waals surface area contributed by atoms with Crippen LogP contribution in [-0.2, 0) is 4.79 Å². The van der Waals surface area contributed by atoms with Crippen LogP contribution in [0.25, 0.3) is 0 Å². The number of nitriles is 1.